The smallest absolute Gasteiger partial charge is 0.261 e. The van der Waals surface area contributed by atoms with E-state index in [2.05, 4.69) is 37.2 Å². The minimum Gasteiger partial charge on any atom is -0.484 e. The predicted molar refractivity (Wildman–Crippen MR) is 138 cm³/mol. The third-order valence-corrected chi connectivity index (χ3v) is 7.94. The number of hydrogen-bond donors (Lipinski definition) is 1. The summed E-state index contributed by atoms with van der Waals surface area (Å²) in [5.74, 6) is 0.314. The standard InChI is InChI=1S/C26H32Br2N2O3/c1-17-13-23(14-18(2)25(17)28)33-16-24(31)30(15-20-9-11-21(27)12-10-20)19(3)26(32)29-22-7-5-4-6-8-22/h9-14,19,22H,4-8,15-16H2,1-3H3,(H,29,32)/t19-/m0/s1. The van der Waals surface area contributed by atoms with E-state index >= 15 is 0 Å². The maximum Gasteiger partial charge on any atom is 0.261 e. The molecule has 0 unspecified atom stereocenters. The second-order valence-electron chi connectivity index (χ2n) is 8.83. The molecule has 2 aromatic carbocycles. The SMILES string of the molecule is Cc1cc(OCC(=O)N(Cc2ccc(Br)cc2)[C@@H](C)C(=O)NC2CCCCC2)cc(C)c1Br. The highest BCUT2D eigenvalue weighted by molar-refractivity contribution is 9.10. The molecule has 0 heterocycles. The van der Waals surface area contributed by atoms with Crippen LogP contribution < -0.4 is 10.1 Å². The molecule has 1 aliphatic rings. The van der Waals surface area contributed by atoms with Crippen LogP contribution >= 0.6 is 31.9 Å². The Morgan fingerprint density at radius 1 is 1.06 bits per heavy atom. The van der Waals surface area contributed by atoms with Gasteiger partial charge in [-0.3, -0.25) is 9.59 Å². The Morgan fingerprint density at radius 2 is 1.67 bits per heavy atom. The van der Waals surface area contributed by atoms with Crippen LogP contribution in [0.2, 0.25) is 0 Å². The molecule has 0 spiro atoms. The van der Waals surface area contributed by atoms with Crippen LogP contribution in [0.15, 0.2) is 45.3 Å². The molecule has 2 amide bonds. The average molecular weight is 580 g/mol. The van der Waals surface area contributed by atoms with E-state index in [4.69, 9.17) is 4.74 Å². The van der Waals surface area contributed by atoms with Crippen LogP contribution in [-0.2, 0) is 16.1 Å². The Labute approximate surface area is 213 Å². The molecule has 1 saturated carbocycles. The van der Waals surface area contributed by atoms with Crippen molar-refractivity contribution in [2.45, 2.75) is 71.5 Å². The fraction of sp³-hybridized carbons (Fsp3) is 0.462. The van der Waals surface area contributed by atoms with E-state index in [9.17, 15) is 9.59 Å². The number of nitrogens with zero attached hydrogens (tertiary/aromatic N) is 1. The molecule has 0 aromatic heterocycles. The quantitative estimate of drug-likeness (QED) is 0.413. The van der Waals surface area contributed by atoms with E-state index in [1.807, 2.05) is 50.2 Å². The number of nitrogens with one attached hydrogen (secondary N) is 1. The highest BCUT2D eigenvalue weighted by Gasteiger charge is 2.28. The van der Waals surface area contributed by atoms with Crippen molar-refractivity contribution in [2.75, 3.05) is 6.61 Å². The largest absolute Gasteiger partial charge is 0.484 e. The number of ether oxygens (including phenoxy) is 1. The first-order valence-corrected chi connectivity index (χ1v) is 13.1. The second-order valence-corrected chi connectivity index (χ2v) is 10.5. The Kier molecular flexibility index (Phi) is 9.38. The van der Waals surface area contributed by atoms with Gasteiger partial charge in [0.2, 0.25) is 5.91 Å². The summed E-state index contributed by atoms with van der Waals surface area (Å²) in [7, 11) is 0. The fourth-order valence-corrected chi connectivity index (χ4v) is 4.65. The van der Waals surface area contributed by atoms with E-state index in [1.54, 1.807) is 11.8 Å². The molecule has 0 bridgehead atoms. The van der Waals surface area contributed by atoms with Gasteiger partial charge in [0.25, 0.3) is 5.91 Å². The van der Waals surface area contributed by atoms with Crippen molar-refractivity contribution in [1.29, 1.82) is 0 Å². The average Bonchev–Trinajstić information content (AvgIpc) is 2.80. The molecule has 178 valence electrons. The first-order chi connectivity index (χ1) is 15.7. The van der Waals surface area contributed by atoms with Gasteiger partial charge in [-0.2, -0.15) is 0 Å². The lowest BCUT2D eigenvalue weighted by molar-refractivity contribution is -0.142. The highest BCUT2D eigenvalue weighted by atomic mass is 79.9. The van der Waals surface area contributed by atoms with Crippen molar-refractivity contribution in [3.8, 4) is 5.75 Å². The molecule has 0 aliphatic heterocycles. The molecular weight excluding hydrogens is 548 g/mol. The lowest BCUT2D eigenvalue weighted by Crippen LogP contribution is -2.51. The molecule has 0 saturated heterocycles. The van der Waals surface area contributed by atoms with Gasteiger partial charge in [-0.05, 0) is 74.6 Å². The zero-order valence-corrected chi connectivity index (χ0v) is 22.7. The van der Waals surface area contributed by atoms with Gasteiger partial charge in [-0.15, -0.1) is 0 Å². The van der Waals surface area contributed by atoms with Crippen molar-refractivity contribution >= 4 is 43.7 Å². The van der Waals surface area contributed by atoms with Crippen LogP contribution in [0.1, 0.15) is 55.7 Å². The predicted octanol–water partition coefficient (Wildman–Crippen LogP) is 6.07. The molecule has 7 heteroatoms. The summed E-state index contributed by atoms with van der Waals surface area (Å²) in [6.07, 6.45) is 5.51. The minimum atomic E-state index is -0.597. The molecule has 1 atom stereocenters. The van der Waals surface area contributed by atoms with Crippen molar-refractivity contribution < 1.29 is 14.3 Å². The number of aryl methyl sites for hydroxylation is 2. The fourth-order valence-electron chi connectivity index (χ4n) is 4.16. The normalized spacial score (nSPS) is 15.1. The number of rotatable bonds is 8. The summed E-state index contributed by atoms with van der Waals surface area (Å²) >= 11 is 7.00. The van der Waals surface area contributed by atoms with E-state index in [-0.39, 0.29) is 24.5 Å². The highest BCUT2D eigenvalue weighted by Crippen LogP contribution is 2.26. The maximum atomic E-state index is 13.3. The molecule has 1 fully saturated rings. The summed E-state index contributed by atoms with van der Waals surface area (Å²) in [5, 5.41) is 3.16. The number of benzene rings is 2. The lowest BCUT2D eigenvalue weighted by atomic mass is 9.95. The third kappa shape index (κ3) is 7.31. The van der Waals surface area contributed by atoms with E-state index in [0.717, 1.165) is 51.3 Å². The molecule has 0 radical (unpaired) electrons. The first-order valence-electron chi connectivity index (χ1n) is 11.5. The van der Waals surface area contributed by atoms with Gasteiger partial charge in [0, 0.05) is 21.5 Å². The topological polar surface area (TPSA) is 58.6 Å². The van der Waals surface area contributed by atoms with E-state index in [0.29, 0.717) is 12.3 Å². The van der Waals surface area contributed by atoms with Crippen molar-refractivity contribution in [2.24, 2.45) is 0 Å². The monoisotopic (exact) mass is 578 g/mol. The molecule has 3 rings (SSSR count). The van der Waals surface area contributed by atoms with Crippen LogP contribution in [0, 0.1) is 13.8 Å². The first kappa shape index (κ1) is 25.8. The van der Waals surface area contributed by atoms with Gasteiger partial charge in [-0.1, -0.05) is 63.3 Å². The van der Waals surface area contributed by atoms with Crippen molar-refractivity contribution in [3.63, 3.8) is 0 Å². The molecule has 1 N–H and O–H groups in total. The van der Waals surface area contributed by atoms with Crippen LogP contribution in [0.3, 0.4) is 0 Å². The zero-order valence-electron chi connectivity index (χ0n) is 19.5. The molecule has 33 heavy (non-hydrogen) atoms. The van der Waals surface area contributed by atoms with E-state index in [1.165, 1.54) is 6.42 Å². The molecule has 5 nitrogen and oxygen atoms in total. The Morgan fingerprint density at radius 3 is 2.27 bits per heavy atom. The van der Waals surface area contributed by atoms with Gasteiger partial charge in [0.15, 0.2) is 6.61 Å². The molecule has 1 aliphatic carbocycles. The van der Waals surface area contributed by atoms with Crippen molar-refractivity contribution in [1.82, 2.24) is 10.2 Å². The van der Waals surface area contributed by atoms with Crippen LogP contribution in [0.4, 0.5) is 0 Å². The van der Waals surface area contributed by atoms with Gasteiger partial charge >= 0.3 is 0 Å². The second kappa shape index (κ2) is 12.0. The number of carbonyl (C=O) groups excluding carboxylic acids is 2. The minimum absolute atomic E-state index is 0.109. The summed E-state index contributed by atoms with van der Waals surface area (Å²) in [6.45, 7) is 5.99. The van der Waals surface area contributed by atoms with Gasteiger partial charge < -0.3 is 15.0 Å². The number of halogens is 2. The van der Waals surface area contributed by atoms with Gasteiger partial charge in [0.1, 0.15) is 11.8 Å². The summed E-state index contributed by atoms with van der Waals surface area (Å²) in [4.78, 5) is 27.9. The lowest BCUT2D eigenvalue weighted by Gasteiger charge is -2.31. The number of carbonyl (C=O) groups is 2. The Bertz CT molecular complexity index is 949. The summed E-state index contributed by atoms with van der Waals surface area (Å²) in [5.41, 5.74) is 3.05. The third-order valence-electron chi connectivity index (χ3n) is 6.16. The zero-order chi connectivity index (χ0) is 24.0. The van der Waals surface area contributed by atoms with Gasteiger partial charge in [-0.25, -0.2) is 0 Å². The van der Waals surface area contributed by atoms with Crippen LogP contribution in [0.5, 0.6) is 5.75 Å². The van der Waals surface area contributed by atoms with Crippen LogP contribution in [-0.4, -0.2) is 35.4 Å². The van der Waals surface area contributed by atoms with Crippen LogP contribution in [0.25, 0.3) is 0 Å². The Hall–Kier alpha value is -1.86. The van der Waals surface area contributed by atoms with Crippen molar-refractivity contribution in [3.05, 3.63) is 62.0 Å². The molecular formula is C26H32Br2N2O3. The van der Waals surface area contributed by atoms with Gasteiger partial charge in [0.05, 0.1) is 0 Å². The Balaban J connectivity index is 1.72. The number of amides is 2. The summed E-state index contributed by atoms with van der Waals surface area (Å²) in [6, 6.07) is 11.2. The molecule has 2 aromatic rings. The number of hydrogen-bond acceptors (Lipinski definition) is 3. The summed E-state index contributed by atoms with van der Waals surface area (Å²) < 4.78 is 7.85. The maximum absolute atomic E-state index is 13.3. The van der Waals surface area contributed by atoms with E-state index < -0.39 is 6.04 Å².